The summed E-state index contributed by atoms with van der Waals surface area (Å²) in [6, 6.07) is 12.0. The van der Waals surface area contributed by atoms with E-state index in [1.165, 1.54) is 18.4 Å². The van der Waals surface area contributed by atoms with E-state index in [1.807, 2.05) is 31.2 Å². The predicted molar refractivity (Wildman–Crippen MR) is 89.1 cm³/mol. The third kappa shape index (κ3) is 3.13. The molecule has 0 aliphatic carbocycles. The quantitative estimate of drug-likeness (QED) is 0.754. The van der Waals surface area contributed by atoms with Crippen LogP contribution >= 0.6 is 0 Å². The van der Waals surface area contributed by atoms with Crippen LogP contribution in [0.5, 0.6) is 11.5 Å². The lowest BCUT2D eigenvalue weighted by Gasteiger charge is -2.12. The zero-order chi connectivity index (χ0) is 16.2. The zero-order valence-corrected chi connectivity index (χ0v) is 12.7. The predicted octanol–water partition coefficient (Wildman–Crippen LogP) is 3.51. The smallest absolute Gasteiger partial charge is 0.197 e. The summed E-state index contributed by atoms with van der Waals surface area (Å²) in [7, 11) is 0. The number of benzene rings is 2. The lowest BCUT2D eigenvalue weighted by molar-refractivity contribution is 0.341. The maximum atomic E-state index is 12.5. The van der Waals surface area contributed by atoms with Gasteiger partial charge in [-0.15, -0.1) is 0 Å². The SMILES string of the molecule is CCOc1ccccc1NCc1coc2cc(O)ccc2c1=O. The number of rotatable bonds is 5. The summed E-state index contributed by atoms with van der Waals surface area (Å²) in [5.74, 6) is 0.808. The van der Waals surface area contributed by atoms with Crippen molar-refractivity contribution in [2.45, 2.75) is 13.5 Å². The molecule has 2 N–H and O–H groups in total. The van der Waals surface area contributed by atoms with Gasteiger partial charge in [0.05, 0.1) is 29.5 Å². The lowest BCUT2D eigenvalue weighted by atomic mass is 10.1. The fourth-order valence-corrected chi connectivity index (χ4v) is 2.36. The molecule has 0 radical (unpaired) electrons. The van der Waals surface area contributed by atoms with Crippen LogP contribution in [-0.4, -0.2) is 11.7 Å². The molecule has 118 valence electrons. The molecular formula is C18H17NO4. The Labute approximate surface area is 133 Å². The van der Waals surface area contributed by atoms with Crippen LogP contribution in [-0.2, 0) is 6.54 Å². The van der Waals surface area contributed by atoms with E-state index in [0.29, 0.717) is 29.7 Å². The van der Waals surface area contributed by atoms with Crippen LogP contribution < -0.4 is 15.5 Å². The van der Waals surface area contributed by atoms with Crippen LogP contribution in [0, 0.1) is 0 Å². The van der Waals surface area contributed by atoms with E-state index in [-0.39, 0.29) is 11.2 Å². The topological polar surface area (TPSA) is 71.7 Å². The highest BCUT2D eigenvalue weighted by atomic mass is 16.5. The molecule has 3 aromatic rings. The second-order valence-electron chi connectivity index (χ2n) is 5.05. The number of para-hydroxylation sites is 2. The highest BCUT2D eigenvalue weighted by molar-refractivity contribution is 5.78. The summed E-state index contributed by atoms with van der Waals surface area (Å²) in [5.41, 5.74) is 1.58. The van der Waals surface area contributed by atoms with E-state index in [1.54, 1.807) is 6.07 Å². The summed E-state index contributed by atoms with van der Waals surface area (Å²) in [6.45, 7) is 2.81. The fraction of sp³-hybridized carbons (Fsp3) is 0.167. The van der Waals surface area contributed by atoms with Gasteiger partial charge in [0.1, 0.15) is 17.1 Å². The Bertz CT molecular complexity index is 886. The highest BCUT2D eigenvalue weighted by Crippen LogP contribution is 2.24. The Morgan fingerprint density at radius 2 is 2.04 bits per heavy atom. The van der Waals surface area contributed by atoms with Crippen molar-refractivity contribution in [3.8, 4) is 11.5 Å². The molecular weight excluding hydrogens is 294 g/mol. The molecule has 0 fully saturated rings. The molecule has 5 nitrogen and oxygen atoms in total. The van der Waals surface area contributed by atoms with Crippen LogP contribution in [0.2, 0.25) is 0 Å². The maximum absolute atomic E-state index is 12.5. The largest absolute Gasteiger partial charge is 0.508 e. The van der Waals surface area contributed by atoms with Gasteiger partial charge in [0, 0.05) is 12.6 Å². The van der Waals surface area contributed by atoms with Gasteiger partial charge in [-0.25, -0.2) is 0 Å². The number of hydrogen-bond donors (Lipinski definition) is 2. The molecule has 0 amide bonds. The van der Waals surface area contributed by atoms with Gasteiger partial charge >= 0.3 is 0 Å². The Balaban J connectivity index is 1.87. The Morgan fingerprint density at radius 3 is 2.87 bits per heavy atom. The standard InChI is InChI=1S/C18H17NO4/c1-2-22-16-6-4-3-5-15(16)19-10-12-11-23-17-9-13(20)7-8-14(17)18(12)21/h3-9,11,19-20H,2,10H2,1H3. The van der Waals surface area contributed by atoms with Crippen molar-refractivity contribution >= 4 is 16.7 Å². The number of aromatic hydroxyl groups is 1. The van der Waals surface area contributed by atoms with Crippen LogP contribution in [0.1, 0.15) is 12.5 Å². The molecule has 1 heterocycles. The normalized spacial score (nSPS) is 10.7. The first kappa shape index (κ1) is 15.0. The number of hydrogen-bond acceptors (Lipinski definition) is 5. The first-order chi connectivity index (χ1) is 11.2. The van der Waals surface area contributed by atoms with E-state index in [0.717, 1.165) is 11.4 Å². The van der Waals surface area contributed by atoms with E-state index in [9.17, 15) is 9.90 Å². The highest BCUT2D eigenvalue weighted by Gasteiger charge is 2.09. The van der Waals surface area contributed by atoms with Crippen molar-refractivity contribution in [1.29, 1.82) is 0 Å². The molecule has 1 aromatic heterocycles. The average Bonchev–Trinajstić information content (AvgIpc) is 2.56. The molecule has 0 aliphatic heterocycles. The van der Waals surface area contributed by atoms with E-state index < -0.39 is 0 Å². The number of phenolic OH excluding ortho intramolecular Hbond substituents is 1. The molecule has 0 unspecified atom stereocenters. The Morgan fingerprint density at radius 1 is 1.22 bits per heavy atom. The van der Waals surface area contributed by atoms with Gasteiger partial charge in [-0.3, -0.25) is 4.79 Å². The molecule has 0 saturated carbocycles. The lowest BCUT2D eigenvalue weighted by Crippen LogP contribution is -2.13. The van der Waals surface area contributed by atoms with Crippen molar-refractivity contribution in [1.82, 2.24) is 0 Å². The summed E-state index contributed by atoms with van der Waals surface area (Å²) in [4.78, 5) is 12.5. The average molecular weight is 311 g/mol. The minimum Gasteiger partial charge on any atom is -0.508 e. The minimum atomic E-state index is -0.118. The Kier molecular flexibility index (Phi) is 4.19. The van der Waals surface area contributed by atoms with Crippen LogP contribution in [0.4, 0.5) is 5.69 Å². The van der Waals surface area contributed by atoms with Gasteiger partial charge in [-0.05, 0) is 31.2 Å². The fourth-order valence-electron chi connectivity index (χ4n) is 2.36. The van der Waals surface area contributed by atoms with Crippen LogP contribution in [0.15, 0.2) is 57.9 Å². The molecule has 3 rings (SSSR count). The van der Waals surface area contributed by atoms with Gasteiger partial charge in [0.15, 0.2) is 5.43 Å². The van der Waals surface area contributed by atoms with Gasteiger partial charge in [-0.1, -0.05) is 12.1 Å². The summed E-state index contributed by atoms with van der Waals surface area (Å²) < 4.78 is 11.0. The van der Waals surface area contributed by atoms with E-state index in [2.05, 4.69) is 5.32 Å². The first-order valence-electron chi connectivity index (χ1n) is 7.38. The van der Waals surface area contributed by atoms with E-state index in [4.69, 9.17) is 9.15 Å². The van der Waals surface area contributed by atoms with Gasteiger partial charge in [0.2, 0.25) is 0 Å². The second kappa shape index (κ2) is 6.44. The third-order valence-corrected chi connectivity index (χ3v) is 3.49. The number of nitrogens with one attached hydrogen (secondary N) is 1. The van der Waals surface area contributed by atoms with Crippen molar-refractivity contribution < 1.29 is 14.3 Å². The molecule has 0 spiro atoms. The molecule has 0 bridgehead atoms. The van der Waals surface area contributed by atoms with E-state index >= 15 is 0 Å². The first-order valence-corrected chi connectivity index (χ1v) is 7.38. The number of fused-ring (bicyclic) bond motifs is 1. The van der Waals surface area contributed by atoms with Crippen molar-refractivity contribution in [3.05, 3.63) is 64.5 Å². The van der Waals surface area contributed by atoms with Gasteiger partial charge < -0.3 is 19.6 Å². The molecule has 0 aliphatic rings. The number of phenols is 1. The van der Waals surface area contributed by atoms with Crippen molar-refractivity contribution in [3.63, 3.8) is 0 Å². The summed E-state index contributed by atoms with van der Waals surface area (Å²) in [6.07, 6.45) is 1.42. The monoisotopic (exact) mass is 311 g/mol. The van der Waals surface area contributed by atoms with Crippen LogP contribution in [0.25, 0.3) is 11.0 Å². The maximum Gasteiger partial charge on any atom is 0.197 e. The molecule has 2 aromatic carbocycles. The number of ether oxygens (including phenoxy) is 1. The molecule has 0 saturated heterocycles. The minimum absolute atomic E-state index is 0.0668. The third-order valence-electron chi connectivity index (χ3n) is 3.49. The van der Waals surface area contributed by atoms with Crippen molar-refractivity contribution in [2.24, 2.45) is 0 Å². The zero-order valence-electron chi connectivity index (χ0n) is 12.7. The molecule has 5 heteroatoms. The van der Waals surface area contributed by atoms with Crippen LogP contribution in [0.3, 0.4) is 0 Å². The Hall–Kier alpha value is -2.95. The van der Waals surface area contributed by atoms with Crippen molar-refractivity contribution in [2.75, 3.05) is 11.9 Å². The molecule has 23 heavy (non-hydrogen) atoms. The van der Waals surface area contributed by atoms with Gasteiger partial charge in [-0.2, -0.15) is 0 Å². The summed E-state index contributed by atoms with van der Waals surface area (Å²) in [5, 5.41) is 13.1. The summed E-state index contributed by atoms with van der Waals surface area (Å²) >= 11 is 0. The number of anilines is 1. The second-order valence-corrected chi connectivity index (χ2v) is 5.05. The molecule has 0 atom stereocenters. The van der Waals surface area contributed by atoms with Gasteiger partial charge in [0.25, 0.3) is 0 Å².